The molecule has 19 heavy (non-hydrogen) atoms. The first kappa shape index (κ1) is 16.0. The first-order valence-electron chi connectivity index (χ1n) is 7.31. The number of hydrogen-bond donors (Lipinski definition) is 2. The Morgan fingerprint density at radius 2 is 1.79 bits per heavy atom. The molecule has 0 aromatic carbocycles. The van der Waals surface area contributed by atoms with Crippen LogP contribution in [0.1, 0.15) is 46.9 Å². The van der Waals surface area contributed by atoms with E-state index in [0.29, 0.717) is 36.2 Å². The van der Waals surface area contributed by atoms with Crippen molar-refractivity contribution in [3.05, 3.63) is 5.89 Å². The average molecular weight is 268 g/mol. The molecular weight excluding hydrogens is 240 g/mol. The second-order valence-electron chi connectivity index (χ2n) is 5.71. The Morgan fingerprint density at radius 1 is 1.11 bits per heavy atom. The zero-order chi connectivity index (χ0) is 14.3. The van der Waals surface area contributed by atoms with Gasteiger partial charge in [-0.05, 0) is 30.7 Å². The van der Waals surface area contributed by atoms with Crippen LogP contribution in [0.15, 0.2) is 4.42 Å². The number of anilines is 1. The highest BCUT2D eigenvalue weighted by atomic mass is 16.4. The second kappa shape index (κ2) is 8.15. The number of rotatable bonds is 9. The highest BCUT2D eigenvalue weighted by Gasteiger charge is 2.18. The van der Waals surface area contributed by atoms with Crippen LogP contribution >= 0.6 is 0 Å². The fourth-order valence-corrected chi connectivity index (χ4v) is 2.21. The zero-order valence-corrected chi connectivity index (χ0v) is 12.9. The van der Waals surface area contributed by atoms with Crippen molar-refractivity contribution in [2.75, 3.05) is 18.4 Å². The van der Waals surface area contributed by atoms with Crippen LogP contribution in [0.4, 0.5) is 6.01 Å². The quantitative estimate of drug-likeness (QED) is 0.674. The van der Waals surface area contributed by atoms with Crippen LogP contribution in [0, 0.1) is 17.8 Å². The molecule has 0 atom stereocenters. The third-order valence-corrected chi connectivity index (χ3v) is 3.37. The lowest BCUT2D eigenvalue weighted by atomic mass is 9.85. The third-order valence-electron chi connectivity index (χ3n) is 3.37. The normalized spacial score (nSPS) is 11.8. The Balaban J connectivity index is 2.40. The van der Waals surface area contributed by atoms with Gasteiger partial charge in [-0.2, -0.15) is 0 Å². The van der Waals surface area contributed by atoms with E-state index < -0.39 is 0 Å². The smallest absolute Gasteiger partial charge is 0.315 e. The maximum absolute atomic E-state index is 5.54. The van der Waals surface area contributed by atoms with Crippen molar-refractivity contribution in [2.45, 2.75) is 47.6 Å². The molecule has 0 unspecified atom stereocenters. The number of nitrogens with one attached hydrogen (secondary N) is 2. The summed E-state index contributed by atoms with van der Waals surface area (Å²) in [6.07, 6.45) is 1.10. The van der Waals surface area contributed by atoms with Crippen LogP contribution < -0.4 is 10.6 Å². The van der Waals surface area contributed by atoms with E-state index >= 15 is 0 Å². The van der Waals surface area contributed by atoms with Crippen LogP contribution in [0.3, 0.4) is 0 Å². The molecular formula is C14H28N4O. The Hall–Kier alpha value is -1.10. The van der Waals surface area contributed by atoms with E-state index in [-0.39, 0.29) is 0 Å². The lowest BCUT2D eigenvalue weighted by molar-refractivity contribution is 0.302. The standard InChI is InChI=1S/C14H28N4O/c1-6-7-15-9-13-17-18-14(19-13)16-8-12(10(2)3)11(4)5/h10-12,15H,6-9H2,1-5H3,(H,16,18). The van der Waals surface area contributed by atoms with Gasteiger partial charge in [0, 0.05) is 6.54 Å². The molecule has 0 bridgehead atoms. The lowest BCUT2D eigenvalue weighted by Gasteiger charge is -2.24. The predicted molar refractivity (Wildman–Crippen MR) is 78.0 cm³/mol. The molecule has 2 N–H and O–H groups in total. The fraction of sp³-hybridized carbons (Fsp3) is 0.857. The van der Waals surface area contributed by atoms with Crippen LogP contribution in [-0.2, 0) is 6.54 Å². The molecule has 0 fully saturated rings. The number of aromatic nitrogens is 2. The van der Waals surface area contributed by atoms with Crippen molar-refractivity contribution in [3.8, 4) is 0 Å². The predicted octanol–water partition coefficient (Wildman–Crippen LogP) is 2.91. The largest absolute Gasteiger partial charge is 0.407 e. The highest BCUT2D eigenvalue weighted by Crippen LogP contribution is 2.20. The zero-order valence-electron chi connectivity index (χ0n) is 12.9. The summed E-state index contributed by atoms with van der Waals surface area (Å²) in [6.45, 7) is 13.6. The van der Waals surface area contributed by atoms with Gasteiger partial charge in [0.1, 0.15) is 0 Å². The average Bonchev–Trinajstić information content (AvgIpc) is 2.77. The van der Waals surface area contributed by atoms with Gasteiger partial charge in [0.15, 0.2) is 0 Å². The van der Waals surface area contributed by atoms with Gasteiger partial charge in [0.2, 0.25) is 5.89 Å². The molecule has 0 aliphatic rings. The molecule has 1 aromatic rings. The summed E-state index contributed by atoms with van der Waals surface area (Å²) in [5.74, 6) is 2.53. The fourth-order valence-electron chi connectivity index (χ4n) is 2.21. The van der Waals surface area contributed by atoms with E-state index in [9.17, 15) is 0 Å². The Labute approximate surface area is 116 Å². The summed E-state index contributed by atoms with van der Waals surface area (Å²) in [5.41, 5.74) is 0. The Morgan fingerprint density at radius 3 is 2.37 bits per heavy atom. The van der Waals surface area contributed by atoms with Crippen molar-refractivity contribution in [1.29, 1.82) is 0 Å². The summed E-state index contributed by atoms with van der Waals surface area (Å²) in [4.78, 5) is 0. The van der Waals surface area contributed by atoms with Crippen LogP contribution in [-0.4, -0.2) is 23.3 Å². The SMILES string of the molecule is CCCNCc1nnc(NCC(C(C)C)C(C)C)o1. The molecule has 1 aromatic heterocycles. The Kier molecular flexibility index (Phi) is 6.84. The van der Waals surface area contributed by atoms with Crippen molar-refractivity contribution < 1.29 is 4.42 Å². The minimum absolute atomic E-state index is 0.527. The molecule has 0 aliphatic heterocycles. The minimum atomic E-state index is 0.527. The molecule has 0 radical (unpaired) electrons. The minimum Gasteiger partial charge on any atom is -0.407 e. The molecule has 0 aliphatic carbocycles. The molecule has 0 saturated heterocycles. The summed E-state index contributed by atoms with van der Waals surface area (Å²) in [5, 5.41) is 14.5. The van der Waals surface area contributed by atoms with Gasteiger partial charge in [-0.15, -0.1) is 5.10 Å². The van der Waals surface area contributed by atoms with Gasteiger partial charge in [-0.3, -0.25) is 0 Å². The van der Waals surface area contributed by atoms with E-state index in [1.807, 2.05) is 0 Å². The number of nitrogens with zero attached hydrogens (tertiary/aromatic N) is 2. The Bertz CT molecular complexity index is 341. The number of hydrogen-bond acceptors (Lipinski definition) is 5. The van der Waals surface area contributed by atoms with E-state index in [4.69, 9.17) is 4.42 Å². The molecule has 1 heterocycles. The van der Waals surface area contributed by atoms with E-state index in [0.717, 1.165) is 19.5 Å². The maximum atomic E-state index is 5.54. The molecule has 0 saturated carbocycles. The summed E-state index contributed by atoms with van der Waals surface area (Å²) in [7, 11) is 0. The van der Waals surface area contributed by atoms with Crippen LogP contribution in [0.5, 0.6) is 0 Å². The molecule has 1 rings (SSSR count). The van der Waals surface area contributed by atoms with Crippen molar-refractivity contribution in [2.24, 2.45) is 17.8 Å². The van der Waals surface area contributed by atoms with E-state index in [1.165, 1.54) is 0 Å². The molecule has 0 spiro atoms. The third kappa shape index (κ3) is 5.59. The second-order valence-corrected chi connectivity index (χ2v) is 5.71. The first-order valence-corrected chi connectivity index (χ1v) is 7.31. The summed E-state index contributed by atoms with van der Waals surface area (Å²) >= 11 is 0. The summed E-state index contributed by atoms with van der Waals surface area (Å²) in [6, 6.07) is 0.527. The molecule has 110 valence electrons. The molecule has 0 amide bonds. The first-order chi connectivity index (χ1) is 9.04. The van der Waals surface area contributed by atoms with Gasteiger partial charge in [0.05, 0.1) is 6.54 Å². The van der Waals surface area contributed by atoms with E-state index in [1.54, 1.807) is 0 Å². The van der Waals surface area contributed by atoms with Crippen molar-refractivity contribution in [1.82, 2.24) is 15.5 Å². The van der Waals surface area contributed by atoms with Gasteiger partial charge < -0.3 is 15.1 Å². The van der Waals surface area contributed by atoms with Crippen molar-refractivity contribution >= 4 is 6.01 Å². The van der Waals surface area contributed by atoms with Gasteiger partial charge in [-0.1, -0.05) is 39.7 Å². The highest BCUT2D eigenvalue weighted by molar-refractivity contribution is 5.17. The summed E-state index contributed by atoms with van der Waals surface area (Å²) < 4.78 is 5.54. The van der Waals surface area contributed by atoms with Crippen molar-refractivity contribution in [3.63, 3.8) is 0 Å². The topological polar surface area (TPSA) is 63.0 Å². The van der Waals surface area contributed by atoms with E-state index in [2.05, 4.69) is 55.4 Å². The van der Waals surface area contributed by atoms with Crippen LogP contribution in [0.2, 0.25) is 0 Å². The van der Waals surface area contributed by atoms with Gasteiger partial charge in [0.25, 0.3) is 0 Å². The van der Waals surface area contributed by atoms with Gasteiger partial charge in [-0.25, -0.2) is 0 Å². The monoisotopic (exact) mass is 268 g/mol. The lowest BCUT2D eigenvalue weighted by Crippen LogP contribution is -2.24. The van der Waals surface area contributed by atoms with Gasteiger partial charge >= 0.3 is 6.01 Å². The molecule has 5 heteroatoms. The molecule has 5 nitrogen and oxygen atoms in total. The maximum Gasteiger partial charge on any atom is 0.315 e. The van der Waals surface area contributed by atoms with Crippen LogP contribution in [0.25, 0.3) is 0 Å².